The summed E-state index contributed by atoms with van der Waals surface area (Å²) >= 11 is 0. The molecule has 0 bridgehead atoms. The van der Waals surface area contributed by atoms with Crippen LogP contribution in [0, 0.1) is 6.92 Å². The number of benzene rings is 2. The van der Waals surface area contributed by atoms with Crippen LogP contribution in [0.3, 0.4) is 0 Å². The molecule has 0 radical (unpaired) electrons. The first-order valence-electron chi connectivity index (χ1n) is 6.19. The van der Waals surface area contributed by atoms with Gasteiger partial charge in [0, 0.05) is 5.56 Å². The first kappa shape index (κ1) is 13.1. The Hall–Kier alpha value is -2.35. The minimum absolute atomic E-state index is 0.526. The Morgan fingerprint density at radius 2 is 1.58 bits per heavy atom. The summed E-state index contributed by atoms with van der Waals surface area (Å²) in [6, 6.07) is 15.4. The number of aryl methyl sites for hydroxylation is 1. The largest absolute Gasteiger partial charge is 0.490 e. The number of hydrogen-bond acceptors (Lipinski definition) is 2. The van der Waals surface area contributed by atoms with Crippen LogP contribution in [0.1, 0.15) is 21.5 Å². The predicted molar refractivity (Wildman–Crippen MR) is 77.5 cm³/mol. The monoisotopic (exact) mass is 252 g/mol. The van der Waals surface area contributed by atoms with Crippen molar-refractivity contribution in [3.8, 4) is 5.75 Å². The van der Waals surface area contributed by atoms with E-state index in [4.69, 9.17) is 4.74 Å². The van der Waals surface area contributed by atoms with E-state index in [0.29, 0.717) is 12.2 Å². The summed E-state index contributed by atoms with van der Waals surface area (Å²) in [5.41, 5.74) is 2.96. The van der Waals surface area contributed by atoms with Gasteiger partial charge in [-0.15, -0.1) is 0 Å². The zero-order valence-corrected chi connectivity index (χ0v) is 10.9. The molecule has 0 aliphatic heterocycles. The fraction of sp³-hybridized carbons (Fsp3) is 0.118. The highest BCUT2D eigenvalue weighted by Crippen LogP contribution is 2.11. The number of carbonyl (C=O) groups excluding carboxylic acids is 1. The van der Waals surface area contributed by atoms with Crippen molar-refractivity contribution < 1.29 is 9.53 Å². The van der Waals surface area contributed by atoms with Gasteiger partial charge < -0.3 is 4.74 Å². The number of rotatable bonds is 5. The second-order valence-corrected chi connectivity index (χ2v) is 4.31. The van der Waals surface area contributed by atoms with Crippen molar-refractivity contribution in [2.75, 3.05) is 6.61 Å². The van der Waals surface area contributed by atoms with Crippen LogP contribution in [0.25, 0.3) is 6.08 Å². The summed E-state index contributed by atoms with van der Waals surface area (Å²) < 4.78 is 5.58. The van der Waals surface area contributed by atoms with Crippen LogP contribution < -0.4 is 4.74 Å². The van der Waals surface area contributed by atoms with Crippen molar-refractivity contribution in [3.05, 3.63) is 71.3 Å². The normalized spacial score (nSPS) is 10.6. The molecule has 2 heteroatoms. The highest BCUT2D eigenvalue weighted by atomic mass is 16.5. The molecule has 2 nitrogen and oxygen atoms in total. The van der Waals surface area contributed by atoms with Gasteiger partial charge in [-0.05, 0) is 30.7 Å². The molecule has 0 unspecified atom stereocenters. The lowest BCUT2D eigenvalue weighted by molar-refractivity contribution is 0.112. The van der Waals surface area contributed by atoms with E-state index in [2.05, 4.69) is 0 Å². The summed E-state index contributed by atoms with van der Waals surface area (Å²) in [4.78, 5) is 10.5. The van der Waals surface area contributed by atoms with Crippen molar-refractivity contribution in [2.24, 2.45) is 0 Å². The Balaban J connectivity index is 1.85. The van der Waals surface area contributed by atoms with Gasteiger partial charge in [-0.25, -0.2) is 0 Å². The Morgan fingerprint density at radius 3 is 2.21 bits per heavy atom. The van der Waals surface area contributed by atoms with Crippen molar-refractivity contribution >= 4 is 12.4 Å². The van der Waals surface area contributed by atoms with Crippen LogP contribution in [0.5, 0.6) is 5.75 Å². The molecule has 2 aromatic carbocycles. The highest BCUT2D eigenvalue weighted by molar-refractivity contribution is 5.75. The Bertz CT molecular complexity index is 551. The summed E-state index contributed by atoms with van der Waals surface area (Å²) in [5, 5.41) is 0. The molecule has 0 atom stereocenters. The van der Waals surface area contributed by atoms with Gasteiger partial charge in [0.25, 0.3) is 0 Å². The Kier molecular flexibility index (Phi) is 4.51. The highest BCUT2D eigenvalue weighted by Gasteiger charge is 1.91. The zero-order valence-electron chi connectivity index (χ0n) is 10.9. The molecular weight excluding hydrogens is 236 g/mol. The number of hydrogen-bond donors (Lipinski definition) is 0. The second-order valence-electron chi connectivity index (χ2n) is 4.31. The number of ether oxygens (including phenoxy) is 1. The maximum absolute atomic E-state index is 10.5. The van der Waals surface area contributed by atoms with Crippen LogP contribution in [0.4, 0.5) is 0 Å². The SMILES string of the molecule is Cc1ccc(OC/C=C/c2ccc(C=O)cc2)cc1. The third-order valence-electron chi connectivity index (χ3n) is 2.75. The van der Waals surface area contributed by atoms with E-state index >= 15 is 0 Å². The zero-order chi connectivity index (χ0) is 13.5. The smallest absolute Gasteiger partial charge is 0.150 e. The van der Waals surface area contributed by atoms with Crippen LogP contribution >= 0.6 is 0 Å². The van der Waals surface area contributed by atoms with Crippen molar-refractivity contribution in [3.63, 3.8) is 0 Å². The van der Waals surface area contributed by atoms with E-state index in [1.54, 1.807) is 12.1 Å². The van der Waals surface area contributed by atoms with Crippen molar-refractivity contribution in [2.45, 2.75) is 6.92 Å². The molecule has 0 saturated heterocycles. The molecule has 0 fully saturated rings. The van der Waals surface area contributed by atoms with E-state index < -0.39 is 0 Å². The van der Waals surface area contributed by atoms with E-state index in [9.17, 15) is 4.79 Å². The van der Waals surface area contributed by atoms with Gasteiger partial charge in [-0.3, -0.25) is 4.79 Å². The van der Waals surface area contributed by atoms with Gasteiger partial charge in [-0.1, -0.05) is 48.0 Å². The quantitative estimate of drug-likeness (QED) is 0.754. The maximum atomic E-state index is 10.5. The average molecular weight is 252 g/mol. The van der Waals surface area contributed by atoms with Crippen LogP contribution in [-0.2, 0) is 0 Å². The molecule has 0 aliphatic rings. The first-order chi connectivity index (χ1) is 9.28. The minimum Gasteiger partial charge on any atom is -0.490 e. The van der Waals surface area contributed by atoms with Crippen LogP contribution in [0.2, 0.25) is 0 Å². The lowest BCUT2D eigenvalue weighted by Crippen LogP contribution is -1.92. The molecule has 0 N–H and O–H groups in total. The maximum Gasteiger partial charge on any atom is 0.150 e. The van der Waals surface area contributed by atoms with Gasteiger partial charge in [0.2, 0.25) is 0 Å². The van der Waals surface area contributed by atoms with Crippen LogP contribution in [0.15, 0.2) is 54.6 Å². The molecule has 2 rings (SSSR count). The first-order valence-corrected chi connectivity index (χ1v) is 6.19. The second kappa shape index (κ2) is 6.55. The molecule has 0 spiro atoms. The standard InChI is InChI=1S/C17H16O2/c1-14-4-10-17(11-5-14)19-12-2-3-15-6-8-16(13-18)9-7-15/h2-11,13H,12H2,1H3/b3-2+. The molecular formula is C17H16O2. The number of aldehydes is 1. The van der Waals surface area contributed by atoms with E-state index in [1.807, 2.05) is 55.5 Å². The van der Waals surface area contributed by atoms with Gasteiger partial charge in [-0.2, -0.15) is 0 Å². The molecule has 2 aromatic rings. The van der Waals surface area contributed by atoms with E-state index in [0.717, 1.165) is 17.6 Å². The van der Waals surface area contributed by atoms with Crippen molar-refractivity contribution in [1.29, 1.82) is 0 Å². The fourth-order valence-corrected chi connectivity index (χ4v) is 1.65. The molecule has 19 heavy (non-hydrogen) atoms. The summed E-state index contributed by atoms with van der Waals surface area (Å²) in [5.74, 6) is 0.867. The average Bonchev–Trinajstić information content (AvgIpc) is 2.46. The van der Waals surface area contributed by atoms with Crippen LogP contribution in [-0.4, -0.2) is 12.9 Å². The number of carbonyl (C=O) groups is 1. The van der Waals surface area contributed by atoms with Crippen molar-refractivity contribution in [1.82, 2.24) is 0 Å². The lowest BCUT2D eigenvalue weighted by Gasteiger charge is -2.02. The molecule has 0 saturated carbocycles. The summed E-state index contributed by atoms with van der Waals surface area (Å²) in [7, 11) is 0. The third kappa shape index (κ3) is 4.11. The lowest BCUT2D eigenvalue weighted by atomic mass is 10.1. The van der Waals surface area contributed by atoms with Gasteiger partial charge in [0.1, 0.15) is 18.6 Å². The van der Waals surface area contributed by atoms with Gasteiger partial charge in [0.05, 0.1) is 0 Å². The summed E-state index contributed by atoms with van der Waals surface area (Å²) in [6.07, 6.45) is 4.77. The predicted octanol–water partition coefficient (Wildman–Crippen LogP) is 3.90. The molecule has 96 valence electrons. The third-order valence-corrected chi connectivity index (χ3v) is 2.75. The Labute approximate surface area is 113 Å². The van der Waals surface area contributed by atoms with Gasteiger partial charge in [0.15, 0.2) is 0 Å². The van der Waals surface area contributed by atoms with Gasteiger partial charge >= 0.3 is 0 Å². The van der Waals surface area contributed by atoms with E-state index in [-0.39, 0.29) is 0 Å². The molecule has 0 aromatic heterocycles. The minimum atomic E-state index is 0.526. The fourth-order valence-electron chi connectivity index (χ4n) is 1.65. The van der Waals surface area contributed by atoms with E-state index in [1.165, 1.54) is 5.56 Å². The Morgan fingerprint density at radius 1 is 0.947 bits per heavy atom. The molecule has 0 aliphatic carbocycles. The molecule has 0 heterocycles. The summed E-state index contributed by atoms with van der Waals surface area (Å²) in [6.45, 7) is 2.57. The topological polar surface area (TPSA) is 26.3 Å². The molecule has 0 amide bonds.